The van der Waals surface area contributed by atoms with Crippen LogP contribution in [0.5, 0.6) is 0 Å². The summed E-state index contributed by atoms with van der Waals surface area (Å²) in [6.07, 6.45) is 1.96. The van der Waals surface area contributed by atoms with E-state index in [-0.39, 0.29) is 17.6 Å². The highest BCUT2D eigenvalue weighted by Crippen LogP contribution is 2.34. The van der Waals surface area contributed by atoms with Gasteiger partial charge < -0.3 is 0 Å². The second-order valence-electron chi connectivity index (χ2n) is 5.07. The molecule has 17 heavy (non-hydrogen) atoms. The van der Waals surface area contributed by atoms with Gasteiger partial charge in [0.1, 0.15) is 5.78 Å². The molecular formula is C15H18O2. The number of rotatable bonds is 3. The lowest BCUT2D eigenvalue weighted by molar-refractivity contribution is -0.122. The molecule has 2 heteroatoms. The molecule has 0 saturated heterocycles. The molecule has 1 aliphatic rings. The van der Waals surface area contributed by atoms with Crippen LogP contribution in [0.4, 0.5) is 0 Å². The minimum Gasteiger partial charge on any atom is -0.299 e. The summed E-state index contributed by atoms with van der Waals surface area (Å²) in [7, 11) is 0. The smallest absolute Gasteiger partial charge is 0.163 e. The molecule has 0 aliphatic heterocycles. The molecule has 0 aromatic heterocycles. The first-order valence-corrected chi connectivity index (χ1v) is 6.24. The number of hydrogen-bond donors (Lipinski definition) is 0. The third kappa shape index (κ3) is 2.46. The third-order valence-electron chi connectivity index (χ3n) is 3.51. The number of hydrogen-bond acceptors (Lipinski definition) is 2. The number of fused-ring (bicyclic) bond motifs is 1. The zero-order chi connectivity index (χ0) is 12.4. The summed E-state index contributed by atoms with van der Waals surface area (Å²) in [5, 5.41) is 0. The largest absolute Gasteiger partial charge is 0.299 e. The van der Waals surface area contributed by atoms with E-state index in [1.165, 1.54) is 0 Å². The highest BCUT2D eigenvalue weighted by Gasteiger charge is 2.27. The number of benzene rings is 1. The Morgan fingerprint density at radius 1 is 1.35 bits per heavy atom. The molecule has 0 radical (unpaired) electrons. The molecule has 1 atom stereocenters. The van der Waals surface area contributed by atoms with E-state index in [1.54, 1.807) is 0 Å². The van der Waals surface area contributed by atoms with Crippen molar-refractivity contribution in [3.8, 4) is 0 Å². The average molecular weight is 230 g/mol. The number of ketones is 2. The van der Waals surface area contributed by atoms with Crippen LogP contribution in [0, 0.1) is 5.92 Å². The molecule has 1 aromatic carbocycles. The fraction of sp³-hybridized carbons (Fsp3) is 0.467. The fourth-order valence-electron chi connectivity index (χ4n) is 2.39. The molecule has 0 saturated carbocycles. The van der Waals surface area contributed by atoms with E-state index in [2.05, 4.69) is 0 Å². The van der Waals surface area contributed by atoms with E-state index in [4.69, 9.17) is 0 Å². The van der Waals surface area contributed by atoms with Gasteiger partial charge in [0.05, 0.1) is 0 Å². The number of carbonyl (C=O) groups is 2. The van der Waals surface area contributed by atoms with Gasteiger partial charge in [0.25, 0.3) is 0 Å². The molecule has 2 rings (SSSR count). The minimum absolute atomic E-state index is 0.0831. The maximum absolute atomic E-state index is 11.8. The third-order valence-corrected chi connectivity index (χ3v) is 3.51. The SMILES string of the molecule is CC(C)C(=O)C[C@H]1CCC(=O)c2ccccc21. The van der Waals surface area contributed by atoms with E-state index in [1.807, 2.05) is 38.1 Å². The van der Waals surface area contributed by atoms with Gasteiger partial charge in [0, 0.05) is 24.3 Å². The normalized spacial score (nSPS) is 19.2. The van der Waals surface area contributed by atoms with Crippen LogP contribution in [0.15, 0.2) is 24.3 Å². The van der Waals surface area contributed by atoms with Crippen LogP contribution in [0.2, 0.25) is 0 Å². The zero-order valence-electron chi connectivity index (χ0n) is 10.4. The molecule has 0 amide bonds. The van der Waals surface area contributed by atoms with E-state index < -0.39 is 0 Å². The Morgan fingerprint density at radius 3 is 2.76 bits per heavy atom. The van der Waals surface area contributed by atoms with Crippen LogP contribution in [-0.4, -0.2) is 11.6 Å². The maximum Gasteiger partial charge on any atom is 0.163 e. The first-order chi connectivity index (χ1) is 8.09. The molecule has 1 aromatic rings. The van der Waals surface area contributed by atoms with Crippen LogP contribution in [-0.2, 0) is 4.79 Å². The Bertz CT molecular complexity index is 446. The predicted octanol–water partition coefficient (Wildman–Crippen LogP) is 3.36. The Hall–Kier alpha value is -1.44. The lowest BCUT2D eigenvalue weighted by atomic mass is 9.78. The molecule has 0 N–H and O–H groups in total. The summed E-state index contributed by atoms with van der Waals surface area (Å²) in [6, 6.07) is 7.71. The van der Waals surface area contributed by atoms with Gasteiger partial charge in [-0.3, -0.25) is 9.59 Å². The highest BCUT2D eigenvalue weighted by atomic mass is 16.1. The number of Topliss-reactive ketones (excluding diaryl/α,β-unsaturated/α-hetero) is 2. The van der Waals surface area contributed by atoms with Crippen molar-refractivity contribution in [2.45, 2.75) is 39.0 Å². The minimum atomic E-state index is 0.0831. The van der Waals surface area contributed by atoms with Crippen molar-refractivity contribution in [2.75, 3.05) is 0 Å². The van der Waals surface area contributed by atoms with Gasteiger partial charge in [-0.2, -0.15) is 0 Å². The maximum atomic E-state index is 11.8. The lowest BCUT2D eigenvalue weighted by Crippen LogP contribution is -2.19. The summed E-state index contributed by atoms with van der Waals surface area (Å²) >= 11 is 0. The standard InChI is InChI=1S/C15H18O2/c1-10(2)15(17)9-11-7-8-14(16)13-6-4-3-5-12(11)13/h3-6,10-11H,7-9H2,1-2H3/t11-/m1/s1. The molecule has 0 bridgehead atoms. The topological polar surface area (TPSA) is 34.1 Å². The second kappa shape index (κ2) is 4.82. The molecule has 0 fully saturated rings. The fourth-order valence-corrected chi connectivity index (χ4v) is 2.39. The van der Waals surface area contributed by atoms with E-state index in [0.717, 1.165) is 17.5 Å². The second-order valence-corrected chi connectivity index (χ2v) is 5.07. The van der Waals surface area contributed by atoms with Gasteiger partial charge in [-0.25, -0.2) is 0 Å². The van der Waals surface area contributed by atoms with Crippen molar-refractivity contribution in [3.05, 3.63) is 35.4 Å². The Kier molecular flexibility index (Phi) is 3.41. The first-order valence-electron chi connectivity index (χ1n) is 6.24. The summed E-state index contributed by atoms with van der Waals surface area (Å²) in [5.41, 5.74) is 1.89. The molecule has 90 valence electrons. The average Bonchev–Trinajstić information content (AvgIpc) is 2.33. The Morgan fingerprint density at radius 2 is 2.06 bits per heavy atom. The molecule has 0 unspecified atom stereocenters. The van der Waals surface area contributed by atoms with Gasteiger partial charge in [-0.15, -0.1) is 0 Å². The van der Waals surface area contributed by atoms with Gasteiger partial charge >= 0.3 is 0 Å². The molecule has 1 aliphatic carbocycles. The van der Waals surface area contributed by atoms with Gasteiger partial charge in [-0.1, -0.05) is 38.1 Å². The van der Waals surface area contributed by atoms with Gasteiger partial charge in [-0.05, 0) is 17.9 Å². The van der Waals surface area contributed by atoms with Crippen LogP contribution in [0.1, 0.15) is 54.9 Å². The van der Waals surface area contributed by atoms with E-state index in [0.29, 0.717) is 18.6 Å². The Balaban J connectivity index is 2.24. The summed E-state index contributed by atoms with van der Waals surface area (Å²) in [4.78, 5) is 23.6. The zero-order valence-corrected chi connectivity index (χ0v) is 10.4. The highest BCUT2D eigenvalue weighted by molar-refractivity contribution is 5.99. The van der Waals surface area contributed by atoms with Gasteiger partial charge in [0.2, 0.25) is 0 Å². The molecular weight excluding hydrogens is 212 g/mol. The monoisotopic (exact) mass is 230 g/mol. The van der Waals surface area contributed by atoms with Crippen molar-refractivity contribution in [1.29, 1.82) is 0 Å². The quantitative estimate of drug-likeness (QED) is 0.797. The van der Waals surface area contributed by atoms with Crippen molar-refractivity contribution in [3.63, 3.8) is 0 Å². The van der Waals surface area contributed by atoms with Crippen molar-refractivity contribution in [2.24, 2.45) is 5.92 Å². The van der Waals surface area contributed by atoms with Crippen LogP contribution < -0.4 is 0 Å². The molecule has 0 heterocycles. The van der Waals surface area contributed by atoms with Crippen LogP contribution in [0.3, 0.4) is 0 Å². The number of carbonyl (C=O) groups excluding carboxylic acids is 2. The first kappa shape index (κ1) is 12.0. The van der Waals surface area contributed by atoms with Crippen LogP contribution >= 0.6 is 0 Å². The van der Waals surface area contributed by atoms with Gasteiger partial charge in [0.15, 0.2) is 5.78 Å². The predicted molar refractivity (Wildman–Crippen MR) is 67.2 cm³/mol. The van der Waals surface area contributed by atoms with Crippen LogP contribution in [0.25, 0.3) is 0 Å². The van der Waals surface area contributed by atoms with Crippen molar-refractivity contribution >= 4 is 11.6 Å². The summed E-state index contributed by atoms with van der Waals surface area (Å²) in [5.74, 6) is 0.826. The van der Waals surface area contributed by atoms with Crippen molar-refractivity contribution < 1.29 is 9.59 Å². The molecule has 2 nitrogen and oxygen atoms in total. The van der Waals surface area contributed by atoms with E-state index >= 15 is 0 Å². The molecule has 0 spiro atoms. The van der Waals surface area contributed by atoms with Crippen molar-refractivity contribution in [1.82, 2.24) is 0 Å². The summed E-state index contributed by atoms with van der Waals surface area (Å²) < 4.78 is 0. The Labute approximate surface area is 102 Å². The summed E-state index contributed by atoms with van der Waals surface area (Å²) in [6.45, 7) is 3.87. The van der Waals surface area contributed by atoms with E-state index in [9.17, 15) is 9.59 Å². The lowest BCUT2D eigenvalue weighted by Gasteiger charge is -2.24.